The number of nitrogens with one attached hydrogen (secondary N) is 2. The Labute approximate surface area is 156 Å². The monoisotopic (exact) mass is 386 g/mol. The van der Waals surface area contributed by atoms with E-state index in [0.717, 1.165) is 12.8 Å². The van der Waals surface area contributed by atoms with Crippen molar-refractivity contribution in [2.24, 2.45) is 5.41 Å². The Morgan fingerprint density at radius 2 is 1.96 bits per heavy atom. The van der Waals surface area contributed by atoms with Gasteiger partial charge in [0, 0.05) is 17.8 Å². The molecule has 8 heteroatoms. The number of amides is 2. The second-order valence-electron chi connectivity index (χ2n) is 6.66. The van der Waals surface area contributed by atoms with Crippen LogP contribution in [0.5, 0.6) is 11.5 Å². The zero-order valence-electron chi connectivity index (χ0n) is 14.0. The Balaban J connectivity index is 1.64. The number of anilines is 1. The molecule has 0 unspecified atom stereocenters. The molecule has 2 N–H and O–H groups in total. The lowest BCUT2D eigenvalue weighted by atomic mass is 10.1. The van der Waals surface area contributed by atoms with E-state index in [4.69, 9.17) is 32.7 Å². The third-order valence-corrected chi connectivity index (χ3v) is 5.58. The van der Waals surface area contributed by atoms with Crippen LogP contribution < -0.4 is 20.1 Å². The molecular weight excluding hydrogens is 367 g/mol. The molecule has 1 aromatic rings. The minimum atomic E-state index is -1.04. The van der Waals surface area contributed by atoms with Crippen molar-refractivity contribution in [3.05, 3.63) is 18.2 Å². The summed E-state index contributed by atoms with van der Waals surface area (Å²) in [6.07, 6.45) is 2.42. The standard InChI is InChI=1S/C17H20Cl2N2O4/c1-16(9-17(16,18)19)15(23)21-11-5-6-12(24-2)13(7-11)25-8-14(22)20-10-3-4-10/h5-7,10H,3-4,8-9H2,1-2H3,(H,20,22)(H,21,23)/t16-/m0/s1. The summed E-state index contributed by atoms with van der Waals surface area (Å²) >= 11 is 12.1. The molecule has 25 heavy (non-hydrogen) atoms. The third kappa shape index (κ3) is 3.96. The Morgan fingerprint density at radius 1 is 1.28 bits per heavy atom. The Hall–Kier alpha value is -1.66. The SMILES string of the molecule is COc1ccc(NC(=O)[C@]2(C)CC2(Cl)Cl)cc1OCC(=O)NC1CC1. The molecular formula is C17H20Cl2N2O4. The lowest BCUT2D eigenvalue weighted by Crippen LogP contribution is -2.30. The highest BCUT2D eigenvalue weighted by Gasteiger charge is 2.67. The highest BCUT2D eigenvalue weighted by atomic mass is 35.5. The van der Waals surface area contributed by atoms with Crippen molar-refractivity contribution in [3.63, 3.8) is 0 Å². The average molecular weight is 387 g/mol. The molecule has 0 radical (unpaired) electrons. The van der Waals surface area contributed by atoms with Gasteiger partial charge in [-0.25, -0.2) is 0 Å². The van der Waals surface area contributed by atoms with Crippen LogP contribution in [-0.4, -0.2) is 35.9 Å². The van der Waals surface area contributed by atoms with E-state index in [-0.39, 0.29) is 24.5 Å². The first-order valence-electron chi connectivity index (χ1n) is 8.05. The van der Waals surface area contributed by atoms with Crippen LogP contribution >= 0.6 is 23.2 Å². The van der Waals surface area contributed by atoms with Crippen LogP contribution in [0.3, 0.4) is 0 Å². The summed E-state index contributed by atoms with van der Waals surface area (Å²) in [6, 6.07) is 5.23. The van der Waals surface area contributed by atoms with Crippen LogP contribution in [0.4, 0.5) is 5.69 Å². The van der Waals surface area contributed by atoms with Crippen LogP contribution in [0.25, 0.3) is 0 Å². The normalized spacial score (nSPS) is 23.5. The van der Waals surface area contributed by atoms with Crippen molar-refractivity contribution in [1.29, 1.82) is 0 Å². The first-order chi connectivity index (χ1) is 11.7. The molecule has 6 nitrogen and oxygen atoms in total. The number of benzene rings is 1. The lowest BCUT2D eigenvalue weighted by molar-refractivity contribution is -0.123. The molecule has 0 spiro atoms. The van der Waals surface area contributed by atoms with Gasteiger partial charge in [-0.2, -0.15) is 0 Å². The summed E-state index contributed by atoms with van der Waals surface area (Å²) in [5.74, 6) is 0.396. The maximum absolute atomic E-state index is 12.4. The van der Waals surface area contributed by atoms with Crippen molar-refractivity contribution < 1.29 is 19.1 Å². The molecule has 0 saturated heterocycles. The number of alkyl halides is 2. The fourth-order valence-electron chi connectivity index (χ4n) is 2.42. The predicted molar refractivity (Wildman–Crippen MR) is 95.4 cm³/mol. The molecule has 2 saturated carbocycles. The summed E-state index contributed by atoms with van der Waals surface area (Å²) in [5.41, 5.74) is -0.304. The Bertz CT molecular complexity index is 706. The molecule has 0 heterocycles. The summed E-state index contributed by atoms with van der Waals surface area (Å²) < 4.78 is 9.74. The second-order valence-corrected chi connectivity index (χ2v) is 8.15. The fourth-order valence-corrected chi connectivity index (χ4v) is 3.13. The van der Waals surface area contributed by atoms with Gasteiger partial charge in [0.2, 0.25) is 5.91 Å². The summed E-state index contributed by atoms with van der Waals surface area (Å²) in [7, 11) is 1.51. The van der Waals surface area contributed by atoms with Crippen LogP contribution in [0.15, 0.2) is 18.2 Å². The summed E-state index contributed by atoms with van der Waals surface area (Å²) in [6.45, 7) is 1.60. The first kappa shape index (κ1) is 18.1. The van der Waals surface area contributed by atoms with Gasteiger partial charge in [0.05, 0.1) is 12.5 Å². The van der Waals surface area contributed by atoms with E-state index in [0.29, 0.717) is 23.6 Å². The van der Waals surface area contributed by atoms with E-state index in [1.165, 1.54) is 7.11 Å². The van der Waals surface area contributed by atoms with Crippen LogP contribution in [0, 0.1) is 5.41 Å². The highest BCUT2D eigenvalue weighted by Crippen LogP contribution is 2.64. The van der Waals surface area contributed by atoms with Crippen LogP contribution in [-0.2, 0) is 9.59 Å². The Kier molecular flexibility index (Phi) is 4.77. The van der Waals surface area contributed by atoms with Crippen molar-refractivity contribution in [2.75, 3.05) is 19.0 Å². The number of carbonyl (C=O) groups excluding carboxylic acids is 2. The largest absolute Gasteiger partial charge is 0.493 e. The van der Waals surface area contributed by atoms with Crippen molar-refractivity contribution in [2.45, 2.75) is 36.6 Å². The molecule has 0 bridgehead atoms. The number of hydrogen-bond acceptors (Lipinski definition) is 4. The van der Waals surface area contributed by atoms with E-state index in [1.807, 2.05) is 0 Å². The Morgan fingerprint density at radius 3 is 2.52 bits per heavy atom. The molecule has 136 valence electrons. The maximum atomic E-state index is 12.4. The number of carbonyl (C=O) groups is 2. The fraction of sp³-hybridized carbons (Fsp3) is 0.529. The van der Waals surface area contributed by atoms with Gasteiger partial charge in [0.25, 0.3) is 5.91 Å². The van der Waals surface area contributed by atoms with Gasteiger partial charge in [-0.15, -0.1) is 23.2 Å². The molecule has 1 atom stereocenters. The number of ether oxygens (including phenoxy) is 2. The third-order valence-electron chi connectivity index (χ3n) is 4.48. The topological polar surface area (TPSA) is 76.7 Å². The van der Waals surface area contributed by atoms with E-state index in [1.54, 1.807) is 25.1 Å². The summed E-state index contributed by atoms with van der Waals surface area (Å²) in [4.78, 5) is 24.1. The highest BCUT2D eigenvalue weighted by molar-refractivity contribution is 6.53. The molecule has 3 rings (SSSR count). The van der Waals surface area contributed by atoms with Crippen molar-refractivity contribution >= 4 is 40.7 Å². The van der Waals surface area contributed by atoms with E-state index in [2.05, 4.69) is 10.6 Å². The molecule has 2 aliphatic carbocycles. The molecule has 1 aromatic carbocycles. The molecule has 2 amide bonds. The van der Waals surface area contributed by atoms with Gasteiger partial charge in [-0.05, 0) is 38.3 Å². The smallest absolute Gasteiger partial charge is 0.258 e. The zero-order valence-corrected chi connectivity index (χ0v) is 15.5. The molecule has 2 aliphatic rings. The van der Waals surface area contributed by atoms with Gasteiger partial charge >= 0.3 is 0 Å². The minimum absolute atomic E-state index is 0.117. The van der Waals surface area contributed by atoms with Gasteiger partial charge in [-0.3, -0.25) is 9.59 Å². The van der Waals surface area contributed by atoms with Gasteiger partial charge in [-0.1, -0.05) is 0 Å². The van der Waals surface area contributed by atoms with Gasteiger partial charge < -0.3 is 20.1 Å². The van der Waals surface area contributed by atoms with Crippen molar-refractivity contribution in [1.82, 2.24) is 5.32 Å². The zero-order chi connectivity index (χ0) is 18.2. The van der Waals surface area contributed by atoms with Gasteiger partial charge in [0.15, 0.2) is 18.1 Å². The number of rotatable bonds is 7. The minimum Gasteiger partial charge on any atom is -0.493 e. The molecule has 0 aliphatic heterocycles. The molecule has 2 fully saturated rings. The second kappa shape index (κ2) is 6.57. The van der Waals surface area contributed by atoms with Crippen LogP contribution in [0.1, 0.15) is 26.2 Å². The predicted octanol–water partition coefficient (Wildman–Crippen LogP) is 2.88. The van der Waals surface area contributed by atoms with E-state index < -0.39 is 9.75 Å². The maximum Gasteiger partial charge on any atom is 0.258 e. The summed E-state index contributed by atoms with van der Waals surface area (Å²) in [5, 5.41) is 5.62. The first-order valence-corrected chi connectivity index (χ1v) is 8.80. The number of halogens is 2. The number of hydrogen-bond donors (Lipinski definition) is 2. The molecule has 0 aromatic heterocycles. The van der Waals surface area contributed by atoms with E-state index >= 15 is 0 Å². The van der Waals surface area contributed by atoms with Crippen molar-refractivity contribution in [3.8, 4) is 11.5 Å². The quantitative estimate of drug-likeness (QED) is 0.706. The average Bonchev–Trinajstić information content (AvgIpc) is 3.44. The lowest BCUT2D eigenvalue weighted by Gasteiger charge is -2.15. The number of methoxy groups -OCH3 is 1. The van der Waals surface area contributed by atoms with Gasteiger partial charge in [0.1, 0.15) is 4.33 Å². The van der Waals surface area contributed by atoms with Crippen LogP contribution in [0.2, 0.25) is 0 Å². The van der Waals surface area contributed by atoms with E-state index in [9.17, 15) is 9.59 Å².